The number of hydrogen-bond acceptors (Lipinski definition) is 1. The maximum absolute atomic E-state index is 10.1. The second-order valence-corrected chi connectivity index (χ2v) is 1.90. The van der Waals surface area contributed by atoms with E-state index in [2.05, 4.69) is 14.2 Å². The smallest absolute Gasteiger partial charge is 0.291 e. The molecule has 1 amide bonds. The first kappa shape index (κ1) is 3.82. The van der Waals surface area contributed by atoms with E-state index in [0.29, 0.717) is 0 Å². The third kappa shape index (κ3) is 0.340. The molecule has 0 aromatic rings. The van der Waals surface area contributed by atoms with Crippen LogP contribution in [-0.4, -0.2) is 17.7 Å². The standard InChI is InChI=1S/C3H4NOP/c5-3-2(6)1-4-3/h6H,1H2,(H,4,5)/p+1. The molecule has 1 rings (SSSR count). The van der Waals surface area contributed by atoms with Crippen molar-refractivity contribution in [2.45, 2.75) is 0 Å². The lowest BCUT2D eigenvalue weighted by molar-refractivity contribution is -0.116. The molecule has 0 spiro atoms. The monoisotopic (exact) mass is 102 g/mol. The van der Waals surface area contributed by atoms with Gasteiger partial charge in [-0.25, -0.2) is 0 Å². The minimum Gasteiger partial charge on any atom is -0.341 e. The lowest BCUT2D eigenvalue weighted by Crippen LogP contribution is -2.47. The van der Waals surface area contributed by atoms with E-state index in [9.17, 15) is 4.79 Å². The molecular weight excluding hydrogens is 97.0 g/mol. The van der Waals surface area contributed by atoms with Gasteiger partial charge in [0.15, 0.2) is 5.29 Å². The summed E-state index contributed by atoms with van der Waals surface area (Å²) in [7, 11) is 2.36. The van der Waals surface area contributed by atoms with Gasteiger partial charge in [0.2, 0.25) is 0 Å². The van der Waals surface area contributed by atoms with E-state index in [-0.39, 0.29) is 5.91 Å². The average molecular weight is 102 g/mol. The Bertz CT molecular complexity index is 95.4. The summed E-state index contributed by atoms with van der Waals surface area (Å²) in [6, 6.07) is 0. The van der Waals surface area contributed by atoms with Crippen molar-refractivity contribution in [3.05, 3.63) is 0 Å². The van der Waals surface area contributed by atoms with Crippen molar-refractivity contribution in [2.24, 2.45) is 0 Å². The lowest BCUT2D eigenvalue weighted by Gasteiger charge is -2.08. The van der Waals surface area contributed by atoms with Gasteiger partial charge in [-0.1, -0.05) is 0 Å². The molecule has 0 saturated carbocycles. The van der Waals surface area contributed by atoms with Gasteiger partial charge in [-0.2, -0.15) is 0 Å². The number of amides is 1. The molecule has 1 unspecified atom stereocenters. The SMILES string of the molecule is O=C1NCC1=[PH2+]. The summed E-state index contributed by atoms with van der Waals surface area (Å²) in [6.07, 6.45) is 0. The summed E-state index contributed by atoms with van der Waals surface area (Å²) in [5.74, 6) is 0.0694. The van der Waals surface area contributed by atoms with Crippen LogP contribution in [0.15, 0.2) is 0 Å². The molecule has 0 aliphatic carbocycles. The van der Waals surface area contributed by atoms with Crippen LogP contribution in [0, 0.1) is 0 Å². The van der Waals surface area contributed by atoms with Gasteiger partial charge in [0.05, 0.1) is 15.4 Å². The molecule has 1 aliphatic rings. The summed E-state index contributed by atoms with van der Waals surface area (Å²) < 4.78 is 0. The van der Waals surface area contributed by atoms with Crippen LogP contribution in [0.1, 0.15) is 0 Å². The molecule has 0 bridgehead atoms. The zero-order chi connectivity index (χ0) is 4.57. The van der Waals surface area contributed by atoms with E-state index < -0.39 is 0 Å². The third-order valence-corrected chi connectivity index (χ3v) is 1.20. The van der Waals surface area contributed by atoms with Crippen molar-refractivity contribution in [1.29, 1.82) is 0 Å². The average Bonchev–Trinajstić information content (AvgIpc) is 1.61. The van der Waals surface area contributed by atoms with Crippen LogP contribution in [-0.2, 0) is 4.79 Å². The molecule has 1 N–H and O–H groups in total. The Labute approximate surface area is 37.8 Å². The van der Waals surface area contributed by atoms with Crippen LogP contribution in [0.4, 0.5) is 0 Å². The Morgan fingerprint density at radius 3 is 2.33 bits per heavy atom. The summed E-state index contributed by atoms with van der Waals surface area (Å²) in [4.78, 5) is 10.1. The van der Waals surface area contributed by atoms with E-state index in [1.54, 1.807) is 0 Å². The maximum Gasteiger partial charge on any atom is 0.291 e. The third-order valence-electron chi connectivity index (χ3n) is 0.731. The molecule has 1 aliphatic heterocycles. The first-order valence-corrected chi connectivity index (χ1v) is 2.28. The first-order chi connectivity index (χ1) is 2.80. The summed E-state index contributed by atoms with van der Waals surface area (Å²) >= 11 is 0. The molecule has 1 atom stereocenters. The predicted octanol–water partition coefficient (Wildman–Crippen LogP) is -0.836. The van der Waals surface area contributed by atoms with Gasteiger partial charge in [-0.15, -0.1) is 0 Å². The largest absolute Gasteiger partial charge is 0.341 e. The zero-order valence-electron chi connectivity index (χ0n) is 3.19. The molecule has 0 radical (unpaired) electrons. The van der Waals surface area contributed by atoms with Gasteiger partial charge >= 0.3 is 0 Å². The molecular formula is C3H5NOP+. The second-order valence-electron chi connectivity index (χ2n) is 1.21. The maximum atomic E-state index is 10.1. The van der Waals surface area contributed by atoms with E-state index >= 15 is 0 Å². The van der Waals surface area contributed by atoms with Crippen molar-refractivity contribution in [3.8, 4) is 0 Å². The quantitative estimate of drug-likeness (QED) is 0.313. The van der Waals surface area contributed by atoms with Gasteiger partial charge in [0.25, 0.3) is 5.91 Å². The van der Waals surface area contributed by atoms with Gasteiger partial charge in [-0.05, 0) is 0 Å². The molecule has 32 valence electrons. The summed E-state index contributed by atoms with van der Waals surface area (Å²) in [5, 5.41) is 3.42. The Morgan fingerprint density at radius 1 is 1.83 bits per heavy atom. The molecule has 0 aromatic heterocycles. The molecule has 2 nitrogen and oxygen atoms in total. The fourth-order valence-corrected chi connectivity index (χ4v) is 0.467. The fraction of sp³-hybridized carbons (Fsp3) is 0.333. The van der Waals surface area contributed by atoms with E-state index in [1.165, 1.54) is 0 Å². The van der Waals surface area contributed by atoms with Crippen molar-refractivity contribution < 1.29 is 4.79 Å². The summed E-state index contributed by atoms with van der Waals surface area (Å²) in [5.41, 5.74) is 0. The normalized spacial score (nSPS) is 19.3. The Balaban J connectivity index is 2.61. The minimum atomic E-state index is 0.0694. The Morgan fingerprint density at radius 2 is 2.33 bits per heavy atom. The molecule has 1 saturated heterocycles. The van der Waals surface area contributed by atoms with Gasteiger partial charge in [0, 0.05) is 0 Å². The van der Waals surface area contributed by atoms with Crippen molar-refractivity contribution in [3.63, 3.8) is 0 Å². The zero-order valence-corrected chi connectivity index (χ0v) is 4.35. The number of hydrogen-bond donors (Lipinski definition) is 1. The number of β-lactam (4-membered cyclic amide) rings is 1. The van der Waals surface area contributed by atoms with Gasteiger partial charge in [0.1, 0.15) is 0 Å². The van der Waals surface area contributed by atoms with E-state index in [4.69, 9.17) is 0 Å². The highest BCUT2D eigenvalue weighted by atomic mass is 31.0. The van der Waals surface area contributed by atoms with Crippen LogP contribution in [0.2, 0.25) is 0 Å². The number of rotatable bonds is 0. The van der Waals surface area contributed by atoms with E-state index in [0.717, 1.165) is 11.8 Å². The lowest BCUT2D eigenvalue weighted by atomic mass is 10.3. The van der Waals surface area contributed by atoms with Crippen LogP contribution >= 0.6 is 8.86 Å². The highest BCUT2D eigenvalue weighted by Crippen LogP contribution is 1.87. The second kappa shape index (κ2) is 1.05. The Kier molecular flexibility index (Phi) is 0.670. The van der Waals surface area contributed by atoms with Crippen molar-refractivity contribution in [1.82, 2.24) is 5.32 Å². The number of nitrogens with one attached hydrogen (secondary N) is 1. The van der Waals surface area contributed by atoms with Crippen LogP contribution in [0.25, 0.3) is 0 Å². The summed E-state index contributed by atoms with van der Waals surface area (Å²) in [6.45, 7) is 0.753. The van der Waals surface area contributed by atoms with Crippen molar-refractivity contribution in [2.75, 3.05) is 6.54 Å². The van der Waals surface area contributed by atoms with Gasteiger partial charge < -0.3 is 5.32 Å². The molecule has 6 heavy (non-hydrogen) atoms. The number of carbonyl (C=O) groups is 1. The fourth-order valence-electron chi connectivity index (χ4n) is 0.263. The highest BCUT2D eigenvalue weighted by molar-refractivity contribution is 7.26. The van der Waals surface area contributed by atoms with Gasteiger partial charge in [-0.3, -0.25) is 4.79 Å². The minimum absolute atomic E-state index is 0.0694. The predicted molar refractivity (Wildman–Crippen MR) is 27.7 cm³/mol. The topological polar surface area (TPSA) is 29.1 Å². The molecule has 0 aromatic carbocycles. The van der Waals surface area contributed by atoms with Crippen molar-refractivity contribution >= 4 is 20.1 Å². The Hall–Kier alpha value is -0.360. The molecule has 1 heterocycles. The van der Waals surface area contributed by atoms with Crippen LogP contribution in [0.3, 0.4) is 0 Å². The van der Waals surface area contributed by atoms with E-state index in [1.807, 2.05) is 0 Å². The molecule has 3 heteroatoms. The molecule has 1 fully saturated rings. The van der Waals surface area contributed by atoms with Crippen LogP contribution < -0.4 is 5.32 Å². The first-order valence-electron chi connectivity index (χ1n) is 1.70. The van der Waals surface area contributed by atoms with Crippen LogP contribution in [0.5, 0.6) is 0 Å². The highest BCUT2D eigenvalue weighted by Gasteiger charge is 2.22. The number of carbonyl (C=O) groups excluding carboxylic acids is 1.